The largest absolute Gasteiger partial charge is 0.456 e. The number of fused-ring (bicyclic) bond motifs is 1. The zero-order chi connectivity index (χ0) is 15.1. The van der Waals surface area contributed by atoms with Crippen molar-refractivity contribution in [2.45, 2.75) is 6.04 Å². The first-order valence-corrected chi connectivity index (χ1v) is 6.85. The van der Waals surface area contributed by atoms with Gasteiger partial charge in [0.25, 0.3) is 0 Å². The summed E-state index contributed by atoms with van der Waals surface area (Å²) in [5, 5.41) is 0.555. The van der Waals surface area contributed by atoms with Gasteiger partial charge >= 0.3 is 0 Å². The molecule has 1 heterocycles. The summed E-state index contributed by atoms with van der Waals surface area (Å²) < 4.78 is 45.6. The molecule has 3 aromatic rings. The summed E-state index contributed by atoms with van der Waals surface area (Å²) in [5.41, 5.74) is 6.41. The van der Waals surface area contributed by atoms with Gasteiger partial charge in [0.2, 0.25) is 0 Å². The average molecular weight is 356 g/mol. The highest BCUT2D eigenvalue weighted by Crippen LogP contribution is 2.33. The summed E-state index contributed by atoms with van der Waals surface area (Å²) in [6, 6.07) is 7.58. The van der Waals surface area contributed by atoms with Gasteiger partial charge in [0.05, 0.1) is 10.5 Å². The molecule has 2 nitrogen and oxygen atoms in total. The second-order valence-electron chi connectivity index (χ2n) is 4.55. The molecular weight excluding hydrogens is 347 g/mol. The van der Waals surface area contributed by atoms with E-state index in [1.54, 1.807) is 18.2 Å². The van der Waals surface area contributed by atoms with Crippen molar-refractivity contribution in [2.75, 3.05) is 0 Å². The predicted octanol–water partition coefficient (Wildman–Crippen LogP) is 4.66. The molecule has 2 aromatic carbocycles. The van der Waals surface area contributed by atoms with Crippen LogP contribution in [0.3, 0.4) is 0 Å². The van der Waals surface area contributed by atoms with Crippen molar-refractivity contribution in [1.29, 1.82) is 0 Å². The molecule has 0 radical (unpaired) electrons. The lowest BCUT2D eigenvalue weighted by Gasteiger charge is -2.12. The Balaban J connectivity index is 2.10. The quantitative estimate of drug-likeness (QED) is 0.679. The fraction of sp³-hybridized carbons (Fsp3) is 0.0667. The van der Waals surface area contributed by atoms with E-state index in [2.05, 4.69) is 15.9 Å². The molecule has 0 amide bonds. The van der Waals surface area contributed by atoms with Gasteiger partial charge in [0.15, 0.2) is 23.0 Å². The number of hydrogen-bond donors (Lipinski definition) is 1. The lowest BCUT2D eigenvalue weighted by Crippen LogP contribution is -2.12. The van der Waals surface area contributed by atoms with Gasteiger partial charge in [-0.1, -0.05) is 18.2 Å². The zero-order valence-corrected chi connectivity index (χ0v) is 12.1. The molecule has 1 aromatic heterocycles. The monoisotopic (exact) mass is 355 g/mol. The molecule has 1 unspecified atom stereocenters. The second kappa shape index (κ2) is 5.20. The van der Waals surface area contributed by atoms with Crippen LogP contribution < -0.4 is 5.73 Å². The maximum Gasteiger partial charge on any atom is 0.173 e. The molecule has 0 fully saturated rings. The summed E-state index contributed by atoms with van der Waals surface area (Å²) in [4.78, 5) is 0. The highest BCUT2D eigenvalue weighted by molar-refractivity contribution is 9.10. The van der Waals surface area contributed by atoms with E-state index in [4.69, 9.17) is 10.2 Å². The Kier molecular flexibility index (Phi) is 3.51. The summed E-state index contributed by atoms with van der Waals surface area (Å²) in [5.74, 6) is -2.24. The minimum absolute atomic E-state index is 0.0732. The third kappa shape index (κ3) is 2.34. The standard InChI is InChI=1S/C15H9BrF3NO/c16-12-8(4-5-9(17)13(12)19)14(20)11-6-7-2-1-3-10(18)15(7)21-11/h1-6,14H,20H2. The van der Waals surface area contributed by atoms with Crippen LogP contribution in [-0.4, -0.2) is 0 Å². The van der Waals surface area contributed by atoms with Gasteiger partial charge in [-0.25, -0.2) is 13.2 Å². The molecule has 21 heavy (non-hydrogen) atoms. The van der Waals surface area contributed by atoms with Crippen LogP contribution in [0.1, 0.15) is 17.4 Å². The van der Waals surface area contributed by atoms with Crippen LogP contribution in [0.15, 0.2) is 45.3 Å². The molecule has 6 heteroatoms. The van der Waals surface area contributed by atoms with Crippen molar-refractivity contribution in [3.63, 3.8) is 0 Å². The number of halogens is 4. The lowest BCUT2D eigenvalue weighted by molar-refractivity contribution is 0.488. The van der Waals surface area contributed by atoms with E-state index >= 15 is 0 Å². The first-order chi connectivity index (χ1) is 9.99. The van der Waals surface area contributed by atoms with Crippen molar-refractivity contribution < 1.29 is 17.6 Å². The van der Waals surface area contributed by atoms with E-state index in [1.807, 2.05) is 0 Å². The molecule has 0 bridgehead atoms. The predicted molar refractivity (Wildman–Crippen MR) is 76.3 cm³/mol. The van der Waals surface area contributed by atoms with Crippen LogP contribution >= 0.6 is 15.9 Å². The number of furan rings is 1. The van der Waals surface area contributed by atoms with Crippen LogP contribution in [0.4, 0.5) is 13.2 Å². The fourth-order valence-electron chi connectivity index (χ4n) is 2.13. The van der Waals surface area contributed by atoms with Crippen LogP contribution in [0, 0.1) is 17.5 Å². The number of nitrogens with two attached hydrogens (primary N) is 1. The number of rotatable bonds is 2. The number of hydrogen-bond acceptors (Lipinski definition) is 2. The molecule has 0 spiro atoms. The molecule has 0 aliphatic rings. The molecule has 108 valence electrons. The Morgan fingerprint density at radius 3 is 2.52 bits per heavy atom. The Bertz CT molecular complexity index is 831. The van der Waals surface area contributed by atoms with E-state index in [0.717, 1.165) is 6.07 Å². The van der Waals surface area contributed by atoms with Crippen molar-refractivity contribution in [3.05, 3.63) is 69.6 Å². The van der Waals surface area contributed by atoms with Crippen molar-refractivity contribution in [2.24, 2.45) is 5.73 Å². The minimum Gasteiger partial charge on any atom is -0.456 e. The maximum absolute atomic E-state index is 13.6. The third-order valence-corrected chi connectivity index (χ3v) is 4.03. The summed E-state index contributed by atoms with van der Waals surface area (Å²) in [7, 11) is 0. The zero-order valence-electron chi connectivity index (χ0n) is 10.5. The third-order valence-electron chi connectivity index (χ3n) is 3.22. The first-order valence-electron chi connectivity index (χ1n) is 6.06. The molecule has 3 rings (SSSR count). The smallest absolute Gasteiger partial charge is 0.173 e. The van der Waals surface area contributed by atoms with Gasteiger partial charge in [-0.2, -0.15) is 0 Å². The van der Waals surface area contributed by atoms with Crippen LogP contribution in [0.2, 0.25) is 0 Å². The van der Waals surface area contributed by atoms with Gasteiger partial charge in [-0.05, 0) is 39.7 Å². The fourth-order valence-corrected chi connectivity index (χ4v) is 2.70. The Hall–Kier alpha value is -1.79. The van der Waals surface area contributed by atoms with Gasteiger partial charge in [0, 0.05) is 5.39 Å². The normalized spacial score (nSPS) is 12.8. The van der Waals surface area contributed by atoms with Gasteiger partial charge in [-0.15, -0.1) is 0 Å². The molecule has 0 saturated carbocycles. The van der Waals surface area contributed by atoms with Gasteiger partial charge in [-0.3, -0.25) is 0 Å². The Morgan fingerprint density at radius 1 is 1.05 bits per heavy atom. The van der Waals surface area contributed by atoms with E-state index in [1.165, 1.54) is 12.1 Å². The number of para-hydroxylation sites is 1. The van der Waals surface area contributed by atoms with Crippen LogP contribution in [0.5, 0.6) is 0 Å². The number of benzene rings is 2. The van der Waals surface area contributed by atoms with E-state index in [0.29, 0.717) is 10.9 Å². The first kappa shape index (κ1) is 14.2. The van der Waals surface area contributed by atoms with E-state index < -0.39 is 23.5 Å². The molecule has 2 N–H and O–H groups in total. The SMILES string of the molecule is NC(c1cc2cccc(F)c2o1)c1ccc(F)c(F)c1Br. The summed E-state index contributed by atoms with van der Waals surface area (Å²) >= 11 is 2.98. The van der Waals surface area contributed by atoms with Crippen molar-refractivity contribution in [1.82, 2.24) is 0 Å². The topological polar surface area (TPSA) is 39.2 Å². The highest BCUT2D eigenvalue weighted by atomic mass is 79.9. The molecule has 1 atom stereocenters. The van der Waals surface area contributed by atoms with Gasteiger partial charge in [0.1, 0.15) is 5.76 Å². The van der Waals surface area contributed by atoms with Crippen molar-refractivity contribution >= 4 is 26.9 Å². The van der Waals surface area contributed by atoms with E-state index in [9.17, 15) is 13.2 Å². The maximum atomic E-state index is 13.6. The van der Waals surface area contributed by atoms with Gasteiger partial charge < -0.3 is 10.2 Å². The molecule has 0 aliphatic heterocycles. The Morgan fingerprint density at radius 2 is 1.81 bits per heavy atom. The van der Waals surface area contributed by atoms with Crippen LogP contribution in [-0.2, 0) is 0 Å². The minimum atomic E-state index is -1.02. The molecular formula is C15H9BrF3NO. The second-order valence-corrected chi connectivity index (χ2v) is 5.34. The summed E-state index contributed by atoms with van der Waals surface area (Å²) in [6.07, 6.45) is 0. The molecule has 0 aliphatic carbocycles. The van der Waals surface area contributed by atoms with Crippen molar-refractivity contribution in [3.8, 4) is 0 Å². The lowest BCUT2D eigenvalue weighted by atomic mass is 10.0. The van der Waals surface area contributed by atoms with E-state index in [-0.39, 0.29) is 15.8 Å². The average Bonchev–Trinajstić information content (AvgIpc) is 2.90. The van der Waals surface area contributed by atoms with Crippen LogP contribution in [0.25, 0.3) is 11.0 Å². The summed E-state index contributed by atoms with van der Waals surface area (Å²) in [6.45, 7) is 0. The molecule has 0 saturated heterocycles. The Labute approximate surface area is 126 Å². The highest BCUT2D eigenvalue weighted by Gasteiger charge is 2.21.